The zero-order valence-corrected chi connectivity index (χ0v) is 15.4. The molecule has 1 aliphatic carbocycles. The van der Waals surface area contributed by atoms with Gasteiger partial charge >= 0.3 is 0 Å². The largest absolute Gasteiger partial charge is 0.368 e. The molecule has 1 aliphatic heterocycles. The van der Waals surface area contributed by atoms with E-state index in [9.17, 15) is 0 Å². The van der Waals surface area contributed by atoms with Crippen LogP contribution in [0, 0.1) is 0 Å². The minimum atomic E-state index is 0.401. The summed E-state index contributed by atoms with van der Waals surface area (Å²) in [6.45, 7) is 11.7. The fourth-order valence-electron chi connectivity index (χ4n) is 3.95. The number of rotatable bonds is 9. The van der Waals surface area contributed by atoms with Crippen LogP contribution in [0.4, 0.5) is 0 Å². The van der Waals surface area contributed by atoms with E-state index in [1.165, 1.54) is 43.4 Å². The molecule has 0 spiro atoms. The van der Waals surface area contributed by atoms with Gasteiger partial charge in [0.05, 0.1) is 11.7 Å². The first kappa shape index (κ1) is 17.8. The molecule has 0 saturated carbocycles. The van der Waals surface area contributed by atoms with Crippen molar-refractivity contribution < 1.29 is 0 Å². The van der Waals surface area contributed by atoms with E-state index in [0.29, 0.717) is 12.1 Å². The maximum atomic E-state index is 4.37. The SMILES string of the molecule is C=NC1=CN(C)C2C=CCC2=C1N(CC)C(CCC)CCCC. The third-order valence-electron chi connectivity index (χ3n) is 5.08. The summed E-state index contributed by atoms with van der Waals surface area (Å²) in [5.74, 6) is 0. The fourth-order valence-corrected chi connectivity index (χ4v) is 3.95. The average molecular weight is 316 g/mol. The summed E-state index contributed by atoms with van der Waals surface area (Å²) in [6.07, 6.45) is 14.1. The fraction of sp³-hybridized carbons (Fsp3) is 0.650. The Bertz CT molecular complexity index is 501. The highest BCUT2D eigenvalue weighted by Gasteiger charge is 2.32. The summed E-state index contributed by atoms with van der Waals surface area (Å²) in [5.41, 5.74) is 3.89. The predicted molar refractivity (Wildman–Crippen MR) is 101 cm³/mol. The second-order valence-electron chi connectivity index (χ2n) is 6.66. The van der Waals surface area contributed by atoms with E-state index in [1.54, 1.807) is 0 Å². The zero-order chi connectivity index (χ0) is 16.8. The van der Waals surface area contributed by atoms with Crippen molar-refractivity contribution in [2.24, 2.45) is 4.99 Å². The molecule has 0 bridgehead atoms. The van der Waals surface area contributed by atoms with Crippen molar-refractivity contribution in [2.75, 3.05) is 13.6 Å². The van der Waals surface area contributed by atoms with Crippen molar-refractivity contribution in [1.82, 2.24) is 9.80 Å². The van der Waals surface area contributed by atoms with Gasteiger partial charge in [0.1, 0.15) is 5.70 Å². The summed E-state index contributed by atoms with van der Waals surface area (Å²) < 4.78 is 0. The highest BCUT2D eigenvalue weighted by atomic mass is 15.2. The van der Waals surface area contributed by atoms with Crippen molar-refractivity contribution in [3.05, 3.63) is 35.3 Å². The molecule has 23 heavy (non-hydrogen) atoms. The second-order valence-corrected chi connectivity index (χ2v) is 6.66. The number of unbranched alkanes of at least 4 members (excludes halogenated alkanes) is 1. The maximum Gasteiger partial charge on any atom is 0.101 e. The molecule has 0 N–H and O–H groups in total. The van der Waals surface area contributed by atoms with Crippen molar-refractivity contribution in [3.8, 4) is 0 Å². The van der Waals surface area contributed by atoms with Crippen LogP contribution in [-0.2, 0) is 0 Å². The van der Waals surface area contributed by atoms with Gasteiger partial charge < -0.3 is 9.80 Å². The minimum Gasteiger partial charge on any atom is -0.368 e. The maximum absolute atomic E-state index is 4.37. The van der Waals surface area contributed by atoms with Gasteiger partial charge in [0.25, 0.3) is 0 Å². The smallest absolute Gasteiger partial charge is 0.101 e. The Morgan fingerprint density at radius 3 is 2.70 bits per heavy atom. The van der Waals surface area contributed by atoms with Gasteiger partial charge in [-0.25, -0.2) is 0 Å². The quantitative estimate of drug-likeness (QED) is 0.452. The molecule has 0 aromatic rings. The lowest BCUT2D eigenvalue weighted by molar-refractivity contribution is 0.227. The topological polar surface area (TPSA) is 18.8 Å². The Kier molecular flexibility index (Phi) is 6.49. The van der Waals surface area contributed by atoms with E-state index < -0.39 is 0 Å². The van der Waals surface area contributed by atoms with E-state index in [2.05, 4.69) is 67.7 Å². The highest BCUT2D eigenvalue weighted by Crippen LogP contribution is 2.37. The summed E-state index contributed by atoms with van der Waals surface area (Å²) in [7, 11) is 2.14. The van der Waals surface area contributed by atoms with E-state index in [-0.39, 0.29) is 0 Å². The average Bonchev–Trinajstić information content (AvgIpc) is 3.04. The first-order valence-corrected chi connectivity index (χ1v) is 9.25. The summed E-state index contributed by atoms with van der Waals surface area (Å²) in [6, 6.07) is 1.01. The first-order valence-electron chi connectivity index (χ1n) is 9.25. The Morgan fingerprint density at radius 1 is 1.30 bits per heavy atom. The number of hydrogen-bond acceptors (Lipinski definition) is 3. The van der Waals surface area contributed by atoms with Crippen LogP contribution in [-0.4, -0.2) is 42.2 Å². The van der Waals surface area contributed by atoms with Crippen LogP contribution < -0.4 is 0 Å². The van der Waals surface area contributed by atoms with Gasteiger partial charge in [-0.15, -0.1) is 0 Å². The normalized spacial score (nSPS) is 21.3. The Hall–Kier alpha value is -1.51. The lowest BCUT2D eigenvalue weighted by atomic mass is 9.96. The summed E-state index contributed by atoms with van der Waals surface area (Å²) in [4.78, 5) is 9.25. The molecule has 3 heteroatoms. The van der Waals surface area contributed by atoms with Gasteiger partial charge in [-0.2, -0.15) is 0 Å². The molecule has 0 aromatic heterocycles. The van der Waals surface area contributed by atoms with E-state index >= 15 is 0 Å². The number of hydrogen-bond donors (Lipinski definition) is 0. The zero-order valence-electron chi connectivity index (χ0n) is 15.4. The highest BCUT2D eigenvalue weighted by molar-refractivity contribution is 5.48. The molecule has 2 aliphatic rings. The molecular formula is C20H33N3. The number of likely N-dealkylation sites (N-methyl/N-ethyl adjacent to an activating group) is 2. The Balaban J connectivity index is 2.38. The molecule has 128 valence electrons. The van der Waals surface area contributed by atoms with Gasteiger partial charge in [-0.1, -0.05) is 45.3 Å². The lowest BCUT2D eigenvalue weighted by Crippen LogP contribution is -2.40. The molecule has 0 aromatic carbocycles. The van der Waals surface area contributed by atoms with Gasteiger partial charge in [-0.05, 0) is 38.5 Å². The molecule has 3 nitrogen and oxygen atoms in total. The van der Waals surface area contributed by atoms with Crippen LogP contribution >= 0.6 is 0 Å². The van der Waals surface area contributed by atoms with Gasteiger partial charge in [0.2, 0.25) is 0 Å². The molecule has 0 radical (unpaired) electrons. The first-order chi connectivity index (χ1) is 11.2. The number of allylic oxidation sites excluding steroid dienone is 1. The van der Waals surface area contributed by atoms with Gasteiger partial charge in [0, 0.05) is 25.8 Å². The molecule has 0 fully saturated rings. The van der Waals surface area contributed by atoms with Crippen LogP contribution in [0.25, 0.3) is 0 Å². The van der Waals surface area contributed by atoms with Gasteiger partial charge in [0.15, 0.2) is 0 Å². The summed E-state index contributed by atoms with van der Waals surface area (Å²) in [5, 5.41) is 0. The Labute approximate surface area is 142 Å². The van der Waals surface area contributed by atoms with E-state index in [1.807, 2.05) is 0 Å². The third-order valence-corrected chi connectivity index (χ3v) is 5.08. The summed E-state index contributed by atoms with van der Waals surface area (Å²) >= 11 is 0. The van der Waals surface area contributed by atoms with E-state index in [4.69, 9.17) is 0 Å². The molecule has 0 amide bonds. The van der Waals surface area contributed by atoms with Crippen LogP contribution in [0.1, 0.15) is 59.3 Å². The molecule has 1 heterocycles. The van der Waals surface area contributed by atoms with Crippen LogP contribution in [0.15, 0.2) is 40.3 Å². The Morgan fingerprint density at radius 2 is 2.09 bits per heavy atom. The number of aliphatic imine (C=N–C) groups is 1. The molecule has 2 unspecified atom stereocenters. The second kappa shape index (κ2) is 8.37. The predicted octanol–water partition coefficient (Wildman–Crippen LogP) is 4.74. The van der Waals surface area contributed by atoms with Crippen molar-refractivity contribution >= 4 is 6.72 Å². The lowest BCUT2D eigenvalue weighted by Gasteiger charge is -2.40. The van der Waals surface area contributed by atoms with Crippen molar-refractivity contribution in [2.45, 2.75) is 71.4 Å². The van der Waals surface area contributed by atoms with Crippen LogP contribution in [0.5, 0.6) is 0 Å². The molecule has 2 atom stereocenters. The number of fused-ring (bicyclic) bond motifs is 1. The molecule has 0 saturated heterocycles. The van der Waals surface area contributed by atoms with Crippen LogP contribution in [0.2, 0.25) is 0 Å². The standard InChI is InChI=1S/C20H33N3/c1-6-9-12-16(11-7-2)23(8-3)20-17-13-10-14-19(17)22(5)15-18(20)21-4/h10,14-16,19H,4,6-9,11-13H2,1-3,5H3. The minimum absolute atomic E-state index is 0.401. The molecular weight excluding hydrogens is 282 g/mol. The third kappa shape index (κ3) is 3.70. The number of nitrogens with zero attached hydrogens (tertiary/aromatic N) is 3. The molecule has 2 rings (SSSR count). The van der Waals surface area contributed by atoms with Crippen LogP contribution in [0.3, 0.4) is 0 Å². The van der Waals surface area contributed by atoms with Crippen molar-refractivity contribution in [3.63, 3.8) is 0 Å². The van der Waals surface area contributed by atoms with Crippen molar-refractivity contribution in [1.29, 1.82) is 0 Å². The van der Waals surface area contributed by atoms with E-state index in [0.717, 1.165) is 18.7 Å². The monoisotopic (exact) mass is 315 g/mol. The van der Waals surface area contributed by atoms with Gasteiger partial charge in [-0.3, -0.25) is 4.99 Å².